The van der Waals surface area contributed by atoms with Crippen LogP contribution in [0, 0.1) is 10.1 Å². The highest BCUT2D eigenvalue weighted by Gasteiger charge is 2.16. The molecule has 0 saturated heterocycles. The summed E-state index contributed by atoms with van der Waals surface area (Å²) >= 11 is 0. The van der Waals surface area contributed by atoms with Gasteiger partial charge in [0.05, 0.1) is 15.5 Å². The maximum atomic E-state index is 12.3. The summed E-state index contributed by atoms with van der Waals surface area (Å²) < 4.78 is 32.2. The monoisotopic (exact) mass is 373 g/mol. The van der Waals surface area contributed by atoms with Crippen molar-refractivity contribution in [3.63, 3.8) is 0 Å². The molecule has 0 aliphatic rings. The first-order valence-electron chi connectivity index (χ1n) is 6.62. The molecule has 2 aromatic carbocycles. The molecule has 0 aromatic heterocycles. The molecular weight excluding hydrogens is 358 g/mol. The van der Waals surface area contributed by atoms with Crippen LogP contribution in [0.4, 0.5) is 11.4 Å². The van der Waals surface area contributed by atoms with Crippen LogP contribution in [-0.4, -0.2) is 26.5 Å². The van der Waals surface area contributed by atoms with E-state index in [-0.39, 0.29) is 23.0 Å². The largest absolute Gasteiger partial charge is 0.492 e. The summed E-state index contributed by atoms with van der Waals surface area (Å²) in [6, 6.07) is 11.0. The van der Waals surface area contributed by atoms with E-state index in [2.05, 4.69) is 4.72 Å². The Bertz CT molecular complexity index is 796. The Morgan fingerprint density at radius 1 is 1.17 bits per heavy atom. The fraction of sp³-hybridized carbons (Fsp3) is 0.143. The third-order valence-corrected chi connectivity index (χ3v) is 4.23. The zero-order valence-electron chi connectivity index (χ0n) is 12.4. The molecular formula is C14H16ClN3O5S. The van der Waals surface area contributed by atoms with Crippen molar-refractivity contribution in [2.24, 2.45) is 5.73 Å². The third-order valence-electron chi connectivity index (χ3n) is 2.83. The lowest BCUT2D eigenvalue weighted by Gasteiger charge is -2.10. The molecule has 3 N–H and O–H groups in total. The summed E-state index contributed by atoms with van der Waals surface area (Å²) in [6.45, 7) is 0.664. The lowest BCUT2D eigenvalue weighted by molar-refractivity contribution is -0.384. The number of nitrogens with zero attached hydrogens (tertiary/aromatic N) is 1. The number of anilines is 1. The number of hydrogen-bond acceptors (Lipinski definition) is 6. The number of sulfonamides is 1. The Hall–Kier alpha value is -2.36. The maximum Gasteiger partial charge on any atom is 0.269 e. The summed E-state index contributed by atoms with van der Waals surface area (Å²) in [5.41, 5.74) is 5.48. The van der Waals surface area contributed by atoms with E-state index in [1.54, 1.807) is 18.2 Å². The number of benzene rings is 2. The van der Waals surface area contributed by atoms with Crippen LogP contribution >= 0.6 is 12.4 Å². The van der Waals surface area contributed by atoms with E-state index in [4.69, 9.17) is 10.5 Å². The lowest BCUT2D eigenvalue weighted by Crippen LogP contribution is -2.13. The predicted molar refractivity (Wildman–Crippen MR) is 92.1 cm³/mol. The fourth-order valence-corrected chi connectivity index (χ4v) is 2.84. The zero-order chi connectivity index (χ0) is 16.9. The summed E-state index contributed by atoms with van der Waals surface area (Å²) in [7, 11) is -3.85. The van der Waals surface area contributed by atoms with Crippen molar-refractivity contribution in [2.75, 3.05) is 17.9 Å². The van der Waals surface area contributed by atoms with E-state index in [0.29, 0.717) is 24.6 Å². The molecule has 0 aliphatic heterocycles. The Morgan fingerprint density at radius 2 is 1.83 bits per heavy atom. The van der Waals surface area contributed by atoms with Gasteiger partial charge in [-0.1, -0.05) is 6.07 Å². The van der Waals surface area contributed by atoms with E-state index >= 15 is 0 Å². The maximum absolute atomic E-state index is 12.3. The molecule has 0 amide bonds. The molecule has 2 aromatic rings. The van der Waals surface area contributed by atoms with E-state index in [1.807, 2.05) is 0 Å². The molecule has 0 saturated carbocycles. The number of nitrogens with two attached hydrogens (primary N) is 1. The van der Waals surface area contributed by atoms with E-state index in [9.17, 15) is 18.5 Å². The Labute approximate surface area is 145 Å². The van der Waals surface area contributed by atoms with Crippen molar-refractivity contribution >= 4 is 33.8 Å². The molecule has 130 valence electrons. The topological polar surface area (TPSA) is 125 Å². The Kier molecular flexibility index (Phi) is 6.96. The van der Waals surface area contributed by atoms with Gasteiger partial charge >= 0.3 is 0 Å². The molecule has 0 heterocycles. The number of nitrogens with one attached hydrogen (secondary N) is 1. The van der Waals surface area contributed by atoms with Gasteiger partial charge in [0.2, 0.25) is 0 Å². The van der Waals surface area contributed by atoms with E-state index in [0.717, 1.165) is 12.1 Å². The molecule has 0 fully saturated rings. The SMILES string of the molecule is Cl.NCCOc1cccc(NS(=O)(=O)c2ccc([N+](=O)[O-])cc2)c1. The average Bonchev–Trinajstić information content (AvgIpc) is 2.53. The molecule has 0 bridgehead atoms. The van der Waals surface area contributed by atoms with Crippen molar-refractivity contribution in [1.29, 1.82) is 0 Å². The normalized spacial score (nSPS) is 10.5. The van der Waals surface area contributed by atoms with Crippen LogP contribution in [0.3, 0.4) is 0 Å². The number of rotatable bonds is 7. The highest BCUT2D eigenvalue weighted by atomic mass is 35.5. The third kappa shape index (κ3) is 5.08. The smallest absolute Gasteiger partial charge is 0.269 e. The summed E-state index contributed by atoms with van der Waals surface area (Å²) in [5, 5.41) is 10.6. The fourth-order valence-electron chi connectivity index (χ4n) is 1.79. The second-order valence-corrected chi connectivity index (χ2v) is 6.20. The number of halogens is 1. The van der Waals surface area contributed by atoms with Crippen molar-refractivity contribution in [2.45, 2.75) is 4.90 Å². The molecule has 0 spiro atoms. The van der Waals surface area contributed by atoms with Crippen LogP contribution in [0.2, 0.25) is 0 Å². The van der Waals surface area contributed by atoms with E-state index < -0.39 is 14.9 Å². The van der Waals surface area contributed by atoms with Crippen molar-refractivity contribution in [3.05, 3.63) is 58.6 Å². The summed E-state index contributed by atoms with van der Waals surface area (Å²) in [5.74, 6) is 0.486. The van der Waals surface area contributed by atoms with Gasteiger partial charge < -0.3 is 10.5 Å². The Morgan fingerprint density at radius 3 is 2.42 bits per heavy atom. The molecule has 8 nitrogen and oxygen atoms in total. The van der Waals surface area contributed by atoms with Crippen LogP contribution < -0.4 is 15.2 Å². The van der Waals surface area contributed by atoms with Crippen LogP contribution in [0.15, 0.2) is 53.4 Å². The van der Waals surface area contributed by atoms with Crippen molar-refractivity contribution < 1.29 is 18.1 Å². The standard InChI is InChI=1S/C14H15N3O5S.ClH/c15-8-9-22-13-3-1-2-11(10-13)16-23(20,21)14-6-4-12(5-7-14)17(18)19;/h1-7,10,16H,8-9,15H2;1H. The van der Waals surface area contributed by atoms with Gasteiger partial charge in [0.1, 0.15) is 12.4 Å². The second-order valence-electron chi connectivity index (χ2n) is 4.52. The second kappa shape index (κ2) is 8.48. The molecule has 0 atom stereocenters. The van der Waals surface area contributed by atoms with Gasteiger partial charge in [-0.2, -0.15) is 0 Å². The minimum atomic E-state index is -3.85. The molecule has 0 aliphatic carbocycles. The van der Waals surface area contributed by atoms with Crippen LogP contribution in [0.1, 0.15) is 0 Å². The molecule has 0 radical (unpaired) electrons. The first kappa shape index (κ1) is 19.7. The molecule has 0 unspecified atom stereocenters. The van der Waals surface area contributed by atoms with Crippen molar-refractivity contribution in [1.82, 2.24) is 0 Å². The molecule has 24 heavy (non-hydrogen) atoms. The zero-order valence-corrected chi connectivity index (χ0v) is 14.0. The van der Waals surface area contributed by atoms with Gasteiger partial charge in [-0.25, -0.2) is 8.42 Å². The minimum absolute atomic E-state index is 0. The van der Waals surface area contributed by atoms with Crippen molar-refractivity contribution in [3.8, 4) is 5.75 Å². The number of non-ortho nitro benzene ring substituents is 1. The van der Waals surface area contributed by atoms with Gasteiger partial charge in [-0.05, 0) is 24.3 Å². The molecule has 10 heteroatoms. The Balaban J connectivity index is 0.00000288. The van der Waals surface area contributed by atoms with Gasteiger partial charge in [0.15, 0.2) is 0 Å². The number of ether oxygens (including phenoxy) is 1. The lowest BCUT2D eigenvalue weighted by atomic mass is 10.3. The van der Waals surface area contributed by atoms with Gasteiger partial charge in [0, 0.05) is 24.7 Å². The van der Waals surface area contributed by atoms with Gasteiger partial charge in [-0.3, -0.25) is 14.8 Å². The predicted octanol–water partition coefficient (Wildman–Crippen LogP) is 2.15. The average molecular weight is 374 g/mol. The van der Waals surface area contributed by atoms with Crippen LogP contribution in [0.25, 0.3) is 0 Å². The van der Waals surface area contributed by atoms with Gasteiger partial charge in [0.25, 0.3) is 15.7 Å². The highest BCUT2D eigenvalue weighted by molar-refractivity contribution is 7.92. The first-order chi connectivity index (χ1) is 10.9. The molecule has 2 rings (SSSR count). The minimum Gasteiger partial charge on any atom is -0.492 e. The summed E-state index contributed by atoms with van der Waals surface area (Å²) in [6.07, 6.45) is 0. The number of nitro groups is 1. The first-order valence-corrected chi connectivity index (χ1v) is 8.11. The van der Waals surface area contributed by atoms with Gasteiger partial charge in [-0.15, -0.1) is 12.4 Å². The quantitative estimate of drug-likeness (QED) is 0.566. The summed E-state index contributed by atoms with van der Waals surface area (Å²) in [4.78, 5) is 9.93. The van der Waals surface area contributed by atoms with Crippen LogP contribution in [-0.2, 0) is 10.0 Å². The number of hydrogen-bond donors (Lipinski definition) is 2. The highest BCUT2D eigenvalue weighted by Crippen LogP contribution is 2.22. The number of nitro benzene ring substituents is 1. The van der Waals surface area contributed by atoms with Crippen LogP contribution in [0.5, 0.6) is 5.75 Å². The van der Waals surface area contributed by atoms with E-state index in [1.165, 1.54) is 18.2 Å².